The molecule has 0 radical (unpaired) electrons. The van der Waals surface area contributed by atoms with Gasteiger partial charge in [0.1, 0.15) is 0 Å². The molecule has 2 rings (SSSR count). The number of nitrogens with one attached hydrogen (secondary N) is 1. The van der Waals surface area contributed by atoms with Crippen molar-refractivity contribution >= 4 is 11.8 Å². The van der Waals surface area contributed by atoms with Crippen molar-refractivity contribution in [3.63, 3.8) is 0 Å². The van der Waals surface area contributed by atoms with Gasteiger partial charge in [0.25, 0.3) is 0 Å². The van der Waals surface area contributed by atoms with E-state index in [2.05, 4.69) is 55.4 Å². The molecule has 1 aliphatic rings. The molecular formula is C16H26N2S. The number of nitrogens with zero attached hydrogens (tertiary/aromatic N) is 1. The second-order valence-electron chi connectivity index (χ2n) is 5.49. The van der Waals surface area contributed by atoms with Crippen molar-refractivity contribution in [3.8, 4) is 0 Å². The fraction of sp³-hybridized carbons (Fsp3) is 0.625. The lowest BCUT2D eigenvalue weighted by atomic mass is 10.1. The Morgan fingerprint density at radius 3 is 2.95 bits per heavy atom. The zero-order valence-corrected chi connectivity index (χ0v) is 13.2. The third kappa shape index (κ3) is 4.23. The van der Waals surface area contributed by atoms with Crippen molar-refractivity contribution in [1.82, 2.24) is 10.2 Å². The standard InChI is InChI=1S/C16H26N2S/c1-4-13(2)18(3)10-9-17-12-15-11-14-7-5-6-8-16(14)19-15/h5-8,13,15,17H,4,9-12H2,1-3H3. The summed E-state index contributed by atoms with van der Waals surface area (Å²) in [5, 5.41) is 4.32. The lowest BCUT2D eigenvalue weighted by molar-refractivity contribution is 0.252. The number of thioether (sulfide) groups is 1. The predicted octanol–water partition coefficient (Wildman–Crippen LogP) is 3.02. The summed E-state index contributed by atoms with van der Waals surface area (Å²) >= 11 is 2.03. The lowest BCUT2D eigenvalue weighted by Crippen LogP contribution is -2.36. The van der Waals surface area contributed by atoms with Crippen LogP contribution >= 0.6 is 11.8 Å². The minimum absolute atomic E-state index is 0.687. The fourth-order valence-corrected chi connectivity index (χ4v) is 3.70. The molecular weight excluding hydrogens is 252 g/mol. The van der Waals surface area contributed by atoms with Gasteiger partial charge < -0.3 is 10.2 Å². The molecule has 0 spiro atoms. The highest BCUT2D eigenvalue weighted by molar-refractivity contribution is 8.00. The van der Waals surface area contributed by atoms with Gasteiger partial charge in [0.2, 0.25) is 0 Å². The highest BCUT2D eigenvalue weighted by Gasteiger charge is 2.21. The second kappa shape index (κ2) is 7.32. The monoisotopic (exact) mass is 278 g/mol. The Morgan fingerprint density at radius 2 is 2.21 bits per heavy atom. The van der Waals surface area contributed by atoms with Crippen molar-refractivity contribution in [2.45, 2.75) is 42.9 Å². The summed E-state index contributed by atoms with van der Waals surface area (Å²) in [7, 11) is 2.22. The van der Waals surface area contributed by atoms with E-state index in [1.165, 1.54) is 23.3 Å². The third-order valence-electron chi connectivity index (χ3n) is 4.07. The van der Waals surface area contributed by atoms with Crippen LogP contribution in [-0.4, -0.2) is 42.9 Å². The molecule has 1 aromatic rings. The van der Waals surface area contributed by atoms with E-state index >= 15 is 0 Å². The van der Waals surface area contributed by atoms with E-state index in [9.17, 15) is 0 Å². The summed E-state index contributed by atoms with van der Waals surface area (Å²) in [5.74, 6) is 0. The number of fused-ring (bicyclic) bond motifs is 1. The molecule has 0 bridgehead atoms. The van der Waals surface area contributed by atoms with Crippen LogP contribution in [0, 0.1) is 0 Å². The number of benzene rings is 1. The maximum atomic E-state index is 3.61. The van der Waals surface area contributed by atoms with Crippen LogP contribution in [0.2, 0.25) is 0 Å². The van der Waals surface area contributed by atoms with E-state index in [0.717, 1.165) is 19.6 Å². The van der Waals surface area contributed by atoms with Crippen LogP contribution in [0.5, 0.6) is 0 Å². The number of hydrogen-bond donors (Lipinski definition) is 1. The molecule has 106 valence electrons. The molecule has 0 saturated carbocycles. The quantitative estimate of drug-likeness (QED) is 0.772. The van der Waals surface area contributed by atoms with Gasteiger partial charge in [0, 0.05) is 35.8 Å². The summed E-state index contributed by atoms with van der Waals surface area (Å²) in [6, 6.07) is 9.49. The topological polar surface area (TPSA) is 15.3 Å². The van der Waals surface area contributed by atoms with Crippen LogP contribution in [0.3, 0.4) is 0 Å². The van der Waals surface area contributed by atoms with Gasteiger partial charge in [0.15, 0.2) is 0 Å². The highest BCUT2D eigenvalue weighted by atomic mass is 32.2. The maximum Gasteiger partial charge on any atom is 0.0260 e. The molecule has 2 atom stereocenters. The first-order valence-corrected chi connectivity index (χ1v) is 8.24. The van der Waals surface area contributed by atoms with Gasteiger partial charge in [-0.3, -0.25) is 0 Å². The van der Waals surface area contributed by atoms with Gasteiger partial charge in [-0.15, -0.1) is 11.8 Å². The summed E-state index contributed by atoms with van der Waals surface area (Å²) in [4.78, 5) is 3.91. The lowest BCUT2D eigenvalue weighted by Gasteiger charge is -2.23. The average Bonchev–Trinajstić information content (AvgIpc) is 2.85. The molecule has 0 saturated heterocycles. The second-order valence-corrected chi connectivity index (χ2v) is 6.84. The first-order valence-electron chi connectivity index (χ1n) is 7.36. The van der Waals surface area contributed by atoms with E-state index in [-0.39, 0.29) is 0 Å². The van der Waals surface area contributed by atoms with E-state index in [1.807, 2.05) is 11.8 Å². The predicted molar refractivity (Wildman–Crippen MR) is 85.0 cm³/mol. The van der Waals surface area contributed by atoms with Crippen LogP contribution in [0.1, 0.15) is 25.8 Å². The Kier molecular flexibility index (Phi) is 5.74. The van der Waals surface area contributed by atoms with Crippen molar-refractivity contribution in [1.29, 1.82) is 0 Å². The van der Waals surface area contributed by atoms with Gasteiger partial charge in [-0.25, -0.2) is 0 Å². The molecule has 1 aliphatic heterocycles. The Bertz CT molecular complexity index is 369. The number of likely N-dealkylation sites (N-methyl/N-ethyl adjacent to an activating group) is 1. The van der Waals surface area contributed by atoms with E-state index < -0.39 is 0 Å². The van der Waals surface area contributed by atoms with E-state index in [0.29, 0.717) is 11.3 Å². The average molecular weight is 278 g/mol. The van der Waals surface area contributed by atoms with Crippen LogP contribution in [-0.2, 0) is 6.42 Å². The molecule has 1 heterocycles. The first kappa shape index (κ1) is 14.9. The molecule has 0 fully saturated rings. The molecule has 2 nitrogen and oxygen atoms in total. The van der Waals surface area contributed by atoms with Crippen molar-refractivity contribution in [2.24, 2.45) is 0 Å². The van der Waals surface area contributed by atoms with Gasteiger partial charge in [-0.2, -0.15) is 0 Å². The Balaban J connectivity index is 1.63. The summed E-state index contributed by atoms with van der Waals surface area (Å²) in [6.07, 6.45) is 2.44. The SMILES string of the molecule is CCC(C)N(C)CCNCC1Cc2ccccc2S1. The molecule has 1 aromatic carbocycles. The highest BCUT2D eigenvalue weighted by Crippen LogP contribution is 2.36. The first-order chi connectivity index (χ1) is 9.20. The molecule has 0 aromatic heterocycles. The maximum absolute atomic E-state index is 3.61. The van der Waals surface area contributed by atoms with Gasteiger partial charge >= 0.3 is 0 Å². The van der Waals surface area contributed by atoms with Crippen LogP contribution in [0.15, 0.2) is 29.2 Å². The normalized spacial score (nSPS) is 19.7. The summed E-state index contributed by atoms with van der Waals surface area (Å²) < 4.78 is 0. The van der Waals surface area contributed by atoms with Crippen LogP contribution in [0.25, 0.3) is 0 Å². The van der Waals surface area contributed by atoms with E-state index in [1.54, 1.807) is 0 Å². The minimum Gasteiger partial charge on any atom is -0.314 e. The largest absolute Gasteiger partial charge is 0.314 e. The Labute approximate surface area is 122 Å². The molecule has 2 unspecified atom stereocenters. The van der Waals surface area contributed by atoms with Gasteiger partial charge in [-0.1, -0.05) is 25.1 Å². The summed E-state index contributed by atoms with van der Waals surface area (Å²) in [6.45, 7) is 7.89. The van der Waals surface area contributed by atoms with Crippen LogP contribution < -0.4 is 5.32 Å². The summed E-state index contributed by atoms with van der Waals surface area (Å²) in [5.41, 5.74) is 1.52. The molecule has 1 N–H and O–H groups in total. The zero-order valence-electron chi connectivity index (χ0n) is 12.4. The zero-order chi connectivity index (χ0) is 13.7. The Hall–Kier alpha value is -0.510. The smallest absolute Gasteiger partial charge is 0.0260 e. The molecule has 19 heavy (non-hydrogen) atoms. The molecule has 0 aliphatic carbocycles. The van der Waals surface area contributed by atoms with Gasteiger partial charge in [-0.05, 0) is 38.4 Å². The number of rotatable bonds is 7. The minimum atomic E-state index is 0.687. The number of hydrogen-bond acceptors (Lipinski definition) is 3. The Morgan fingerprint density at radius 1 is 1.42 bits per heavy atom. The van der Waals surface area contributed by atoms with Gasteiger partial charge in [0.05, 0.1) is 0 Å². The van der Waals surface area contributed by atoms with Crippen molar-refractivity contribution in [2.75, 3.05) is 26.7 Å². The fourth-order valence-electron chi connectivity index (χ4n) is 2.42. The van der Waals surface area contributed by atoms with E-state index in [4.69, 9.17) is 0 Å². The third-order valence-corrected chi connectivity index (χ3v) is 5.39. The molecule has 0 amide bonds. The van der Waals surface area contributed by atoms with Crippen molar-refractivity contribution < 1.29 is 0 Å². The molecule has 3 heteroatoms. The van der Waals surface area contributed by atoms with Crippen molar-refractivity contribution in [3.05, 3.63) is 29.8 Å². The van der Waals surface area contributed by atoms with Crippen LogP contribution in [0.4, 0.5) is 0 Å².